The van der Waals surface area contributed by atoms with Crippen LogP contribution in [0.2, 0.25) is 0 Å². The molecule has 28 heavy (non-hydrogen) atoms. The molecular weight excluding hydrogens is 356 g/mol. The first-order chi connectivity index (χ1) is 13.6. The number of carbonyl (C=O) groups is 2. The van der Waals surface area contributed by atoms with Crippen molar-refractivity contribution in [3.05, 3.63) is 71.8 Å². The summed E-state index contributed by atoms with van der Waals surface area (Å²) in [6.07, 6.45) is 0.675. The molecule has 0 unspecified atom stereocenters. The Morgan fingerprint density at radius 1 is 1.04 bits per heavy atom. The highest BCUT2D eigenvalue weighted by atomic mass is 16.5. The van der Waals surface area contributed by atoms with Gasteiger partial charge in [0.15, 0.2) is 6.29 Å². The lowest BCUT2D eigenvalue weighted by molar-refractivity contribution is 0.102. The van der Waals surface area contributed by atoms with Crippen LogP contribution in [0.1, 0.15) is 20.7 Å². The van der Waals surface area contributed by atoms with Crippen molar-refractivity contribution in [3.63, 3.8) is 0 Å². The SMILES string of the molecule is CNc1ccccc1-c1ccc(C=O)c(NC(=O)c2cc(OC)ccc2O)c1. The number of hydrogen-bond acceptors (Lipinski definition) is 5. The van der Waals surface area contributed by atoms with Crippen molar-refractivity contribution in [1.82, 2.24) is 0 Å². The fourth-order valence-corrected chi connectivity index (χ4v) is 2.90. The van der Waals surface area contributed by atoms with Crippen molar-refractivity contribution in [3.8, 4) is 22.6 Å². The highest BCUT2D eigenvalue weighted by Gasteiger charge is 2.15. The zero-order chi connectivity index (χ0) is 20.1. The molecule has 0 atom stereocenters. The Morgan fingerprint density at radius 3 is 2.54 bits per heavy atom. The van der Waals surface area contributed by atoms with Gasteiger partial charge in [-0.2, -0.15) is 0 Å². The van der Waals surface area contributed by atoms with Crippen LogP contribution in [0.4, 0.5) is 11.4 Å². The first kappa shape index (κ1) is 19.0. The van der Waals surface area contributed by atoms with Crippen LogP contribution >= 0.6 is 0 Å². The van der Waals surface area contributed by atoms with Crippen molar-refractivity contribution in [2.24, 2.45) is 0 Å². The van der Waals surface area contributed by atoms with E-state index in [1.165, 1.54) is 19.2 Å². The molecular formula is C22H20N2O4. The van der Waals surface area contributed by atoms with Gasteiger partial charge in [0.2, 0.25) is 0 Å². The second kappa shape index (κ2) is 8.26. The van der Waals surface area contributed by atoms with E-state index in [0.29, 0.717) is 23.3 Å². The maximum atomic E-state index is 12.7. The van der Waals surface area contributed by atoms with E-state index >= 15 is 0 Å². The van der Waals surface area contributed by atoms with Crippen LogP contribution < -0.4 is 15.4 Å². The Labute approximate surface area is 162 Å². The molecule has 6 heteroatoms. The minimum atomic E-state index is -0.543. The van der Waals surface area contributed by atoms with E-state index in [0.717, 1.165) is 16.8 Å². The third-order valence-corrected chi connectivity index (χ3v) is 4.38. The number of rotatable bonds is 6. The minimum Gasteiger partial charge on any atom is -0.507 e. The van der Waals surface area contributed by atoms with Crippen molar-refractivity contribution in [2.75, 3.05) is 24.8 Å². The number of phenolic OH excluding ortho intramolecular Hbond substituents is 1. The molecule has 3 N–H and O–H groups in total. The molecule has 0 aliphatic carbocycles. The zero-order valence-electron chi connectivity index (χ0n) is 15.5. The highest BCUT2D eigenvalue weighted by Crippen LogP contribution is 2.31. The molecule has 3 aromatic carbocycles. The largest absolute Gasteiger partial charge is 0.507 e. The lowest BCUT2D eigenvalue weighted by Crippen LogP contribution is -2.13. The first-order valence-electron chi connectivity index (χ1n) is 8.62. The van der Waals surface area contributed by atoms with Crippen molar-refractivity contribution < 1.29 is 19.4 Å². The van der Waals surface area contributed by atoms with E-state index in [4.69, 9.17) is 4.74 Å². The van der Waals surface area contributed by atoms with Gasteiger partial charge in [0.05, 0.1) is 18.4 Å². The van der Waals surface area contributed by atoms with Gasteiger partial charge in [-0.15, -0.1) is 0 Å². The third kappa shape index (κ3) is 3.81. The van der Waals surface area contributed by atoms with E-state index < -0.39 is 5.91 Å². The van der Waals surface area contributed by atoms with Crippen molar-refractivity contribution in [2.45, 2.75) is 0 Å². The van der Waals surface area contributed by atoms with Gasteiger partial charge in [0.25, 0.3) is 5.91 Å². The molecule has 1 amide bonds. The Bertz CT molecular complexity index is 1030. The number of ether oxygens (including phenoxy) is 1. The van der Waals surface area contributed by atoms with E-state index in [9.17, 15) is 14.7 Å². The number of phenols is 1. The Kier molecular flexibility index (Phi) is 5.60. The second-order valence-electron chi connectivity index (χ2n) is 6.05. The summed E-state index contributed by atoms with van der Waals surface area (Å²) in [7, 11) is 3.30. The molecule has 0 heterocycles. The first-order valence-corrected chi connectivity index (χ1v) is 8.62. The molecule has 0 aromatic heterocycles. The summed E-state index contributed by atoms with van der Waals surface area (Å²) in [5.74, 6) is -0.281. The molecule has 0 radical (unpaired) electrons. The standard InChI is InChI=1S/C22H20N2O4/c1-23-19-6-4-3-5-17(19)14-7-8-15(13-25)20(11-14)24-22(27)18-12-16(28-2)9-10-21(18)26/h3-13,23,26H,1-2H3,(H,24,27). The van der Waals surface area contributed by atoms with E-state index in [-0.39, 0.29) is 11.3 Å². The number of para-hydroxylation sites is 1. The van der Waals surface area contributed by atoms with Gasteiger partial charge in [-0.05, 0) is 42.0 Å². The normalized spacial score (nSPS) is 10.2. The number of carbonyl (C=O) groups excluding carboxylic acids is 2. The molecule has 0 bridgehead atoms. The fraction of sp³-hybridized carbons (Fsp3) is 0.0909. The number of amides is 1. The molecule has 0 saturated heterocycles. The molecule has 3 rings (SSSR count). The number of nitrogens with one attached hydrogen (secondary N) is 2. The maximum Gasteiger partial charge on any atom is 0.259 e. The third-order valence-electron chi connectivity index (χ3n) is 4.38. The van der Waals surface area contributed by atoms with E-state index in [1.54, 1.807) is 18.2 Å². The summed E-state index contributed by atoms with van der Waals surface area (Å²) < 4.78 is 5.10. The van der Waals surface area contributed by atoms with Gasteiger partial charge in [0, 0.05) is 23.9 Å². The molecule has 0 aliphatic rings. The minimum absolute atomic E-state index is 0.0530. The lowest BCUT2D eigenvalue weighted by Gasteiger charge is -2.13. The maximum absolute atomic E-state index is 12.7. The second-order valence-corrected chi connectivity index (χ2v) is 6.05. The number of aldehydes is 1. The van der Waals surface area contributed by atoms with E-state index in [2.05, 4.69) is 10.6 Å². The van der Waals surface area contributed by atoms with Crippen LogP contribution in [0.15, 0.2) is 60.7 Å². The number of aromatic hydroxyl groups is 1. The molecule has 6 nitrogen and oxygen atoms in total. The fourth-order valence-electron chi connectivity index (χ4n) is 2.90. The van der Waals surface area contributed by atoms with E-state index in [1.807, 2.05) is 37.4 Å². The molecule has 0 saturated carbocycles. The average Bonchev–Trinajstić information content (AvgIpc) is 2.73. The summed E-state index contributed by atoms with van der Waals surface area (Å²) in [4.78, 5) is 24.1. The molecule has 0 fully saturated rings. The van der Waals surface area contributed by atoms with Crippen LogP contribution in [-0.2, 0) is 0 Å². The molecule has 142 valence electrons. The van der Waals surface area contributed by atoms with Crippen LogP contribution in [0, 0.1) is 0 Å². The summed E-state index contributed by atoms with van der Waals surface area (Å²) in [5.41, 5.74) is 3.43. The Hall–Kier alpha value is -3.80. The highest BCUT2D eigenvalue weighted by molar-refractivity contribution is 6.08. The van der Waals surface area contributed by atoms with Crippen molar-refractivity contribution >= 4 is 23.6 Å². The van der Waals surface area contributed by atoms with Gasteiger partial charge in [-0.3, -0.25) is 9.59 Å². The van der Waals surface area contributed by atoms with Crippen LogP contribution in [-0.4, -0.2) is 31.5 Å². The Balaban J connectivity index is 1.99. The zero-order valence-corrected chi connectivity index (χ0v) is 15.5. The van der Waals surface area contributed by atoms with Gasteiger partial charge in [-0.25, -0.2) is 0 Å². The van der Waals surface area contributed by atoms with Gasteiger partial charge in [-0.1, -0.05) is 24.3 Å². The average molecular weight is 376 g/mol. The number of anilines is 2. The quantitative estimate of drug-likeness (QED) is 0.562. The lowest BCUT2D eigenvalue weighted by atomic mass is 10.0. The summed E-state index contributed by atoms with van der Waals surface area (Å²) in [6, 6.07) is 17.3. The summed E-state index contributed by atoms with van der Waals surface area (Å²) >= 11 is 0. The number of hydrogen-bond donors (Lipinski definition) is 3. The number of benzene rings is 3. The summed E-state index contributed by atoms with van der Waals surface area (Å²) in [6.45, 7) is 0. The topological polar surface area (TPSA) is 87.7 Å². The molecule has 0 spiro atoms. The van der Waals surface area contributed by atoms with Crippen LogP contribution in [0.5, 0.6) is 11.5 Å². The predicted octanol–water partition coefficient (Wildman–Crippen LogP) is 4.17. The Morgan fingerprint density at radius 2 is 1.82 bits per heavy atom. The van der Waals surface area contributed by atoms with Gasteiger partial charge in [0.1, 0.15) is 11.5 Å². The molecule has 0 aliphatic heterocycles. The van der Waals surface area contributed by atoms with Crippen LogP contribution in [0.25, 0.3) is 11.1 Å². The smallest absolute Gasteiger partial charge is 0.259 e. The number of methoxy groups -OCH3 is 1. The monoisotopic (exact) mass is 376 g/mol. The summed E-state index contributed by atoms with van der Waals surface area (Å²) in [5, 5.41) is 15.8. The van der Waals surface area contributed by atoms with Crippen LogP contribution in [0.3, 0.4) is 0 Å². The predicted molar refractivity (Wildman–Crippen MR) is 109 cm³/mol. The van der Waals surface area contributed by atoms with Gasteiger partial charge < -0.3 is 20.5 Å². The van der Waals surface area contributed by atoms with Gasteiger partial charge >= 0.3 is 0 Å². The van der Waals surface area contributed by atoms with Crippen molar-refractivity contribution in [1.29, 1.82) is 0 Å². The molecule has 3 aromatic rings.